The molecule has 4 nitrogen and oxygen atoms in total. The molecule has 0 amide bonds. The second kappa shape index (κ2) is 9.49. The Kier molecular flexibility index (Phi) is 6.85. The predicted molar refractivity (Wildman–Crippen MR) is 138 cm³/mol. The van der Waals surface area contributed by atoms with Crippen LogP contribution in [0.4, 0.5) is 0 Å². The van der Waals surface area contributed by atoms with Crippen LogP contribution in [0.25, 0.3) is 0 Å². The molecule has 0 radical (unpaired) electrons. The summed E-state index contributed by atoms with van der Waals surface area (Å²) in [5.41, 5.74) is 2.22. The molecular formula is C31H46O4. The van der Waals surface area contributed by atoms with Gasteiger partial charge in [0.15, 0.2) is 0 Å². The second-order valence-electron chi connectivity index (χ2n) is 13.3. The fourth-order valence-corrected chi connectivity index (χ4v) is 9.82. The van der Waals surface area contributed by atoms with Crippen LogP contribution < -0.4 is 0 Å². The van der Waals surface area contributed by atoms with Crippen LogP contribution in [0, 0.1) is 46.3 Å². The van der Waals surface area contributed by atoms with Gasteiger partial charge in [0.2, 0.25) is 0 Å². The van der Waals surface area contributed by atoms with Crippen molar-refractivity contribution in [3.63, 3.8) is 0 Å². The first-order valence-corrected chi connectivity index (χ1v) is 14.3. The highest BCUT2D eigenvalue weighted by atomic mass is 16.4. The van der Waals surface area contributed by atoms with Gasteiger partial charge in [-0.3, -0.25) is 0 Å². The van der Waals surface area contributed by atoms with E-state index in [4.69, 9.17) is 5.11 Å². The number of aryl methyl sites for hydroxylation is 1. The van der Waals surface area contributed by atoms with Crippen LogP contribution in [-0.4, -0.2) is 33.5 Å². The van der Waals surface area contributed by atoms with Gasteiger partial charge in [0.05, 0.1) is 17.8 Å². The van der Waals surface area contributed by atoms with E-state index in [2.05, 4.69) is 20.8 Å². The quantitative estimate of drug-likeness (QED) is 0.442. The Balaban J connectivity index is 1.23. The number of aliphatic hydroxyl groups excluding tert-OH is 2. The van der Waals surface area contributed by atoms with Crippen LogP contribution in [0.2, 0.25) is 0 Å². The molecule has 1 aromatic rings. The smallest absolute Gasteiger partial charge is 0.335 e. The Morgan fingerprint density at radius 2 is 1.66 bits per heavy atom. The summed E-state index contributed by atoms with van der Waals surface area (Å²) in [7, 11) is 0. The highest BCUT2D eigenvalue weighted by Crippen LogP contribution is 2.68. The summed E-state index contributed by atoms with van der Waals surface area (Å²) in [4.78, 5) is 11.1. The molecule has 4 aliphatic rings. The third kappa shape index (κ3) is 4.37. The minimum Gasteiger partial charge on any atom is -0.478 e. The van der Waals surface area contributed by atoms with E-state index in [0.29, 0.717) is 46.0 Å². The van der Waals surface area contributed by atoms with Crippen LogP contribution >= 0.6 is 0 Å². The summed E-state index contributed by atoms with van der Waals surface area (Å²) in [5.74, 6) is 2.71. The SMILES string of the molecule is C[C@H](CCCc1ccc(C(=O)O)cc1)[C@H]1CC[C@H]2[C@@H]3[C@H](O)C[C@@H]4C[C@H](O)CC[C@]4(C)[C@H]3CC[C@]12C. The molecule has 0 spiro atoms. The van der Waals surface area contributed by atoms with Crippen molar-refractivity contribution in [1.29, 1.82) is 0 Å². The summed E-state index contributed by atoms with van der Waals surface area (Å²) < 4.78 is 0. The zero-order chi connectivity index (χ0) is 25.0. The molecule has 1 aromatic carbocycles. The van der Waals surface area contributed by atoms with E-state index >= 15 is 0 Å². The van der Waals surface area contributed by atoms with Gasteiger partial charge in [-0.05, 0) is 128 Å². The molecule has 4 aliphatic carbocycles. The highest BCUT2D eigenvalue weighted by Gasteiger charge is 2.62. The molecule has 0 unspecified atom stereocenters. The number of aliphatic hydroxyl groups is 2. The number of rotatable bonds is 6. The summed E-state index contributed by atoms with van der Waals surface area (Å²) >= 11 is 0. The van der Waals surface area contributed by atoms with E-state index in [1.807, 2.05) is 12.1 Å². The van der Waals surface area contributed by atoms with Crippen molar-refractivity contribution >= 4 is 5.97 Å². The van der Waals surface area contributed by atoms with E-state index in [1.54, 1.807) is 12.1 Å². The molecule has 4 fully saturated rings. The normalized spacial score (nSPS) is 43.6. The van der Waals surface area contributed by atoms with Crippen molar-refractivity contribution in [2.24, 2.45) is 46.3 Å². The number of carbonyl (C=O) groups is 1. The number of aromatic carboxylic acids is 1. The predicted octanol–water partition coefficient (Wildman–Crippen LogP) is 6.33. The van der Waals surface area contributed by atoms with Gasteiger partial charge in [-0.15, -0.1) is 0 Å². The van der Waals surface area contributed by atoms with Gasteiger partial charge in [0.1, 0.15) is 0 Å². The van der Waals surface area contributed by atoms with E-state index in [0.717, 1.165) is 44.4 Å². The van der Waals surface area contributed by atoms with Crippen LogP contribution in [0.5, 0.6) is 0 Å². The molecule has 0 aromatic heterocycles. The van der Waals surface area contributed by atoms with Crippen molar-refractivity contribution in [3.05, 3.63) is 35.4 Å². The number of fused-ring (bicyclic) bond motifs is 5. The van der Waals surface area contributed by atoms with Gasteiger partial charge < -0.3 is 15.3 Å². The highest BCUT2D eigenvalue weighted by molar-refractivity contribution is 5.87. The molecule has 0 saturated heterocycles. The maximum atomic E-state index is 11.4. The zero-order valence-corrected chi connectivity index (χ0v) is 22.0. The lowest BCUT2D eigenvalue weighted by Crippen LogP contribution is -2.58. The van der Waals surface area contributed by atoms with E-state index < -0.39 is 5.97 Å². The molecule has 4 saturated carbocycles. The molecule has 4 heteroatoms. The van der Waals surface area contributed by atoms with E-state index in [9.17, 15) is 15.0 Å². The Hall–Kier alpha value is -1.39. The maximum Gasteiger partial charge on any atom is 0.335 e. The molecule has 10 atom stereocenters. The first-order chi connectivity index (χ1) is 16.6. The molecule has 0 aliphatic heterocycles. The van der Waals surface area contributed by atoms with Crippen LogP contribution in [0.3, 0.4) is 0 Å². The Morgan fingerprint density at radius 3 is 2.37 bits per heavy atom. The van der Waals surface area contributed by atoms with Crippen LogP contribution in [0.1, 0.15) is 101 Å². The lowest BCUT2D eigenvalue weighted by molar-refractivity contribution is -0.174. The molecule has 0 bridgehead atoms. The standard InChI is InChI=1S/C31H46O4/c1-19(5-4-6-20-7-9-21(10-8-20)29(34)35)24-11-12-25-28-26(14-16-31(24,25)3)30(2)15-13-23(32)17-22(30)18-27(28)33/h7-10,19,22-28,32-33H,4-6,11-18H2,1-3H3,(H,34,35)/t19-,22+,23-,24-,25+,26+,27-,28+,30+,31-/m1/s1. The lowest BCUT2D eigenvalue weighted by Gasteiger charge is -2.62. The van der Waals surface area contributed by atoms with Gasteiger partial charge in [-0.1, -0.05) is 39.3 Å². The molecule has 5 rings (SSSR count). The number of hydrogen-bond donors (Lipinski definition) is 3. The average molecular weight is 483 g/mol. The van der Waals surface area contributed by atoms with Crippen molar-refractivity contribution in [2.45, 2.75) is 104 Å². The zero-order valence-electron chi connectivity index (χ0n) is 22.0. The summed E-state index contributed by atoms with van der Waals surface area (Å²) in [6, 6.07) is 7.36. The van der Waals surface area contributed by atoms with Gasteiger partial charge in [-0.2, -0.15) is 0 Å². The second-order valence-corrected chi connectivity index (χ2v) is 13.3. The van der Waals surface area contributed by atoms with E-state index in [1.165, 1.54) is 37.7 Å². The van der Waals surface area contributed by atoms with Crippen LogP contribution in [-0.2, 0) is 6.42 Å². The lowest BCUT2D eigenvalue weighted by atomic mass is 9.43. The van der Waals surface area contributed by atoms with Crippen molar-refractivity contribution in [1.82, 2.24) is 0 Å². The largest absolute Gasteiger partial charge is 0.478 e. The number of hydrogen-bond acceptors (Lipinski definition) is 3. The minimum atomic E-state index is -0.863. The van der Waals surface area contributed by atoms with Crippen molar-refractivity contribution < 1.29 is 20.1 Å². The average Bonchev–Trinajstić information content (AvgIpc) is 3.18. The fourth-order valence-electron chi connectivity index (χ4n) is 9.82. The topological polar surface area (TPSA) is 77.8 Å². The fraction of sp³-hybridized carbons (Fsp3) is 0.774. The Labute approximate surface area is 211 Å². The molecule has 194 valence electrons. The first kappa shape index (κ1) is 25.3. The van der Waals surface area contributed by atoms with E-state index in [-0.39, 0.29) is 12.2 Å². The molecule has 3 N–H and O–H groups in total. The number of benzene rings is 1. The molecular weight excluding hydrogens is 436 g/mol. The third-order valence-corrected chi connectivity index (χ3v) is 11.7. The summed E-state index contributed by atoms with van der Waals surface area (Å²) in [6.07, 6.45) is 11.9. The van der Waals surface area contributed by atoms with Gasteiger partial charge >= 0.3 is 5.97 Å². The monoisotopic (exact) mass is 482 g/mol. The van der Waals surface area contributed by atoms with Gasteiger partial charge in [0, 0.05) is 0 Å². The summed E-state index contributed by atoms with van der Waals surface area (Å²) in [6.45, 7) is 7.50. The third-order valence-electron chi connectivity index (χ3n) is 11.7. The Bertz CT molecular complexity index is 911. The summed E-state index contributed by atoms with van der Waals surface area (Å²) in [5, 5.41) is 30.8. The number of carboxylic acids is 1. The Morgan fingerprint density at radius 1 is 0.971 bits per heavy atom. The van der Waals surface area contributed by atoms with Crippen LogP contribution in [0.15, 0.2) is 24.3 Å². The van der Waals surface area contributed by atoms with Gasteiger partial charge in [-0.25, -0.2) is 4.79 Å². The van der Waals surface area contributed by atoms with Crippen molar-refractivity contribution in [2.75, 3.05) is 0 Å². The first-order valence-electron chi connectivity index (χ1n) is 14.3. The number of carboxylic acid groups (broad SMARTS) is 1. The minimum absolute atomic E-state index is 0.169. The molecule has 0 heterocycles. The van der Waals surface area contributed by atoms with Gasteiger partial charge in [0.25, 0.3) is 0 Å². The van der Waals surface area contributed by atoms with Crippen molar-refractivity contribution in [3.8, 4) is 0 Å². The maximum absolute atomic E-state index is 11.4. The molecule has 35 heavy (non-hydrogen) atoms.